The molecule has 0 radical (unpaired) electrons. The first kappa shape index (κ1) is 18.0. The van der Waals surface area contributed by atoms with Crippen molar-refractivity contribution in [1.29, 1.82) is 0 Å². The van der Waals surface area contributed by atoms with Gasteiger partial charge in [-0.1, -0.05) is 12.1 Å². The molecule has 0 bridgehead atoms. The molecule has 1 saturated heterocycles. The van der Waals surface area contributed by atoms with Crippen LogP contribution in [0.15, 0.2) is 24.3 Å². The van der Waals surface area contributed by atoms with E-state index in [1.807, 2.05) is 18.2 Å². The third-order valence-electron chi connectivity index (χ3n) is 4.15. The van der Waals surface area contributed by atoms with Crippen LogP contribution in [0.4, 0.5) is 5.69 Å². The van der Waals surface area contributed by atoms with Crippen LogP contribution in [-0.4, -0.2) is 65.4 Å². The molecule has 0 unspecified atom stereocenters. The van der Waals surface area contributed by atoms with E-state index in [9.17, 15) is 8.42 Å². The highest BCUT2D eigenvalue weighted by Crippen LogP contribution is 2.28. The summed E-state index contributed by atoms with van der Waals surface area (Å²) in [5.41, 5.74) is 1.14. The molecule has 1 aromatic rings. The number of anilines is 1. The highest BCUT2D eigenvalue weighted by molar-refractivity contribution is 7.89. The van der Waals surface area contributed by atoms with Gasteiger partial charge >= 0.3 is 0 Å². The Labute approximate surface area is 139 Å². The maximum absolute atomic E-state index is 11.4. The van der Waals surface area contributed by atoms with Gasteiger partial charge in [0.15, 0.2) is 0 Å². The molecule has 1 aromatic carbocycles. The van der Waals surface area contributed by atoms with Crippen LogP contribution in [0.3, 0.4) is 0 Å². The van der Waals surface area contributed by atoms with Gasteiger partial charge in [-0.05, 0) is 32.0 Å². The summed E-state index contributed by atoms with van der Waals surface area (Å²) in [5.74, 6) is 1.06. The van der Waals surface area contributed by atoms with E-state index >= 15 is 0 Å². The Morgan fingerprint density at radius 2 is 1.87 bits per heavy atom. The van der Waals surface area contributed by atoms with Gasteiger partial charge in [-0.25, -0.2) is 13.1 Å². The molecule has 0 saturated carbocycles. The summed E-state index contributed by atoms with van der Waals surface area (Å²) in [7, 11) is -1.36. The maximum Gasteiger partial charge on any atom is 0.211 e. The second kappa shape index (κ2) is 8.52. The molecule has 23 heavy (non-hydrogen) atoms. The summed E-state index contributed by atoms with van der Waals surface area (Å²) < 4.78 is 30.8. The van der Waals surface area contributed by atoms with Crippen LogP contribution in [0.1, 0.15) is 13.3 Å². The Morgan fingerprint density at radius 3 is 2.52 bits per heavy atom. The normalized spacial score (nSPS) is 16.5. The van der Waals surface area contributed by atoms with Crippen molar-refractivity contribution in [3.8, 4) is 5.75 Å². The van der Waals surface area contributed by atoms with E-state index in [0.717, 1.165) is 50.6 Å². The minimum atomic E-state index is -3.07. The van der Waals surface area contributed by atoms with Gasteiger partial charge < -0.3 is 9.64 Å². The van der Waals surface area contributed by atoms with Crippen molar-refractivity contribution in [2.75, 3.05) is 57.0 Å². The van der Waals surface area contributed by atoms with Gasteiger partial charge in [-0.3, -0.25) is 4.90 Å². The maximum atomic E-state index is 11.4. The lowest BCUT2D eigenvalue weighted by Gasteiger charge is -2.36. The Hall–Kier alpha value is -1.31. The molecule has 0 amide bonds. The average Bonchev–Trinajstić information content (AvgIpc) is 2.59. The summed E-state index contributed by atoms with van der Waals surface area (Å²) in [6.07, 6.45) is 0.841. The van der Waals surface area contributed by atoms with E-state index in [1.54, 1.807) is 14.0 Å². The van der Waals surface area contributed by atoms with E-state index in [0.29, 0.717) is 6.54 Å². The molecule has 1 N–H and O–H groups in total. The lowest BCUT2D eigenvalue weighted by molar-refractivity contribution is 0.255. The number of ether oxygens (including phenoxy) is 1. The summed E-state index contributed by atoms with van der Waals surface area (Å²) >= 11 is 0. The fraction of sp³-hybridized carbons (Fsp3) is 0.625. The van der Waals surface area contributed by atoms with Crippen LogP contribution in [-0.2, 0) is 10.0 Å². The highest BCUT2D eigenvalue weighted by atomic mass is 32.2. The molecular weight excluding hydrogens is 314 g/mol. The third-order valence-corrected chi connectivity index (χ3v) is 5.56. The zero-order valence-electron chi connectivity index (χ0n) is 14.0. The number of hydrogen-bond donors (Lipinski definition) is 1. The van der Waals surface area contributed by atoms with Gasteiger partial charge in [0.25, 0.3) is 0 Å². The van der Waals surface area contributed by atoms with Crippen LogP contribution in [0, 0.1) is 0 Å². The van der Waals surface area contributed by atoms with Crippen LogP contribution in [0.25, 0.3) is 0 Å². The SMILES string of the molecule is CCS(=O)(=O)NCCCN1CCN(c2ccccc2OC)CC1. The number of sulfonamides is 1. The Balaban J connectivity index is 1.74. The highest BCUT2D eigenvalue weighted by Gasteiger charge is 2.19. The fourth-order valence-corrected chi connectivity index (χ4v) is 3.40. The first-order valence-corrected chi connectivity index (χ1v) is 9.78. The number of benzene rings is 1. The van der Waals surface area contributed by atoms with E-state index in [2.05, 4.69) is 20.6 Å². The van der Waals surface area contributed by atoms with Crippen molar-refractivity contribution in [3.63, 3.8) is 0 Å². The van der Waals surface area contributed by atoms with E-state index in [-0.39, 0.29) is 5.75 Å². The predicted octanol–water partition coefficient (Wildman–Crippen LogP) is 1.15. The van der Waals surface area contributed by atoms with Crippen LogP contribution < -0.4 is 14.4 Å². The standard InChI is InChI=1S/C16H27N3O3S/c1-3-23(20,21)17-9-6-10-18-11-13-19(14-12-18)15-7-4-5-8-16(15)22-2/h4-5,7-8,17H,3,6,9-14H2,1-2H3. The molecular formula is C16H27N3O3S. The summed E-state index contributed by atoms with van der Waals surface area (Å²) in [4.78, 5) is 4.72. The third kappa shape index (κ3) is 5.37. The molecule has 7 heteroatoms. The molecule has 1 aliphatic rings. The zero-order chi connectivity index (χ0) is 16.7. The Kier molecular flexibility index (Phi) is 6.68. The Bertz CT molecular complexity index is 584. The zero-order valence-corrected chi connectivity index (χ0v) is 14.8. The number of nitrogens with zero attached hydrogens (tertiary/aromatic N) is 2. The Morgan fingerprint density at radius 1 is 1.17 bits per heavy atom. The number of hydrogen-bond acceptors (Lipinski definition) is 5. The van der Waals surface area contributed by atoms with Crippen molar-refractivity contribution in [2.24, 2.45) is 0 Å². The van der Waals surface area contributed by atoms with Crippen molar-refractivity contribution in [2.45, 2.75) is 13.3 Å². The fourth-order valence-electron chi connectivity index (χ4n) is 2.74. The molecule has 6 nitrogen and oxygen atoms in total. The topological polar surface area (TPSA) is 61.9 Å². The lowest BCUT2D eigenvalue weighted by Crippen LogP contribution is -2.47. The summed E-state index contributed by atoms with van der Waals surface area (Å²) in [6.45, 7) is 6.98. The van der Waals surface area contributed by atoms with Crippen molar-refractivity contribution >= 4 is 15.7 Å². The molecule has 0 atom stereocenters. The van der Waals surface area contributed by atoms with Gasteiger partial charge in [0.05, 0.1) is 18.6 Å². The lowest BCUT2D eigenvalue weighted by atomic mass is 10.2. The first-order valence-electron chi connectivity index (χ1n) is 8.13. The minimum absolute atomic E-state index is 0.143. The molecule has 0 spiro atoms. The van der Waals surface area contributed by atoms with Crippen LogP contribution >= 0.6 is 0 Å². The molecule has 0 aromatic heterocycles. The van der Waals surface area contributed by atoms with E-state index in [4.69, 9.17) is 4.74 Å². The number of para-hydroxylation sites is 2. The summed E-state index contributed by atoms with van der Waals surface area (Å²) in [5, 5.41) is 0. The van der Waals surface area contributed by atoms with Gasteiger partial charge in [-0.2, -0.15) is 0 Å². The molecule has 2 rings (SSSR count). The van der Waals surface area contributed by atoms with Gasteiger partial charge in [-0.15, -0.1) is 0 Å². The molecule has 0 aliphatic carbocycles. The predicted molar refractivity (Wildman–Crippen MR) is 93.7 cm³/mol. The monoisotopic (exact) mass is 341 g/mol. The molecule has 1 fully saturated rings. The minimum Gasteiger partial charge on any atom is -0.495 e. The average molecular weight is 341 g/mol. The van der Waals surface area contributed by atoms with Gasteiger partial charge in [0.2, 0.25) is 10.0 Å². The number of piperazine rings is 1. The largest absolute Gasteiger partial charge is 0.495 e. The molecule has 1 heterocycles. The van der Waals surface area contributed by atoms with Gasteiger partial charge in [0, 0.05) is 32.7 Å². The number of rotatable bonds is 8. The van der Waals surface area contributed by atoms with Crippen molar-refractivity contribution in [3.05, 3.63) is 24.3 Å². The molecule has 1 aliphatic heterocycles. The van der Waals surface area contributed by atoms with E-state index in [1.165, 1.54) is 0 Å². The van der Waals surface area contributed by atoms with Crippen LogP contribution in [0.2, 0.25) is 0 Å². The first-order chi connectivity index (χ1) is 11.1. The second-order valence-corrected chi connectivity index (χ2v) is 7.75. The van der Waals surface area contributed by atoms with Crippen molar-refractivity contribution < 1.29 is 13.2 Å². The quantitative estimate of drug-likeness (QED) is 0.719. The number of nitrogens with one attached hydrogen (secondary N) is 1. The van der Waals surface area contributed by atoms with Gasteiger partial charge in [0.1, 0.15) is 5.75 Å². The summed E-state index contributed by atoms with van der Waals surface area (Å²) in [6, 6.07) is 8.09. The van der Waals surface area contributed by atoms with Crippen molar-refractivity contribution in [1.82, 2.24) is 9.62 Å². The number of methoxy groups -OCH3 is 1. The van der Waals surface area contributed by atoms with Crippen LogP contribution in [0.5, 0.6) is 5.75 Å². The molecule has 130 valence electrons. The van der Waals surface area contributed by atoms with E-state index < -0.39 is 10.0 Å². The second-order valence-electron chi connectivity index (χ2n) is 5.65. The smallest absolute Gasteiger partial charge is 0.211 e.